The lowest BCUT2D eigenvalue weighted by molar-refractivity contribution is -0.128. The molecule has 1 aromatic carbocycles. The molecule has 0 radical (unpaired) electrons. The van der Waals surface area contributed by atoms with E-state index in [1.807, 2.05) is 25.5 Å². The van der Waals surface area contributed by atoms with Gasteiger partial charge in [-0.2, -0.15) is 0 Å². The first-order valence-electron chi connectivity index (χ1n) is 7.18. The van der Waals surface area contributed by atoms with Crippen LogP contribution in [0.2, 0.25) is 0 Å². The van der Waals surface area contributed by atoms with Gasteiger partial charge in [0.25, 0.3) is 10.0 Å². The number of nitrogens with one attached hydrogen (secondary N) is 3. The van der Waals surface area contributed by atoms with Crippen LogP contribution in [0.4, 0.5) is 4.79 Å². The number of benzene rings is 1. The molecule has 3 N–H and O–H groups in total. The second-order valence-corrected chi connectivity index (χ2v) is 7.77. The maximum Gasteiger partial charge on any atom is 0.328 e. The van der Waals surface area contributed by atoms with Crippen molar-refractivity contribution in [3.8, 4) is 0 Å². The van der Waals surface area contributed by atoms with Crippen LogP contribution in [0.3, 0.4) is 0 Å². The van der Waals surface area contributed by atoms with E-state index >= 15 is 0 Å². The van der Waals surface area contributed by atoms with Gasteiger partial charge in [-0.15, -0.1) is 0 Å². The third-order valence-corrected chi connectivity index (χ3v) is 4.42. The summed E-state index contributed by atoms with van der Waals surface area (Å²) in [5.41, 5.74) is 0.446. The highest BCUT2D eigenvalue weighted by Gasteiger charge is 2.20. The van der Waals surface area contributed by atoms with Gasteiger partial charge in [0.05, 0.1) is 4.90 Å². The lowest BCUT2D eigenvalue weighted by Crippen LogP contribution is -2.37. The van der Waals surface area contributed by atoms with Crippen molar-refractivity contribution in [1.29, 1.82) is 0 Å². The van der Waals surface area contributed by atoms with E-state index in [0.717, 1.165) is 5.56 Å². The van der Waals surface area contributed by atoms with Crippen LogP contribution in [0.15, 0.2) is 29.2 Å². The quantitative estimate of drug-likeness (QED) is 0.743. The van der Waals surface area contributed by atoms with Gasteiger partial charge in [0.1, 0.15) is 0 Å². The van der Waals surface area contributed by atoms with E-state index in [1.165, 1.54) is 19.2 Å². The van der Waals surface area contributed by atoms with E-state index in [9.17, 15) is 18.0 Å². The summed E-state index contributed by atoms with van der Waals surface area (Å²) in [5.74, 6) is -0.0357. The fourth-order valence-corrected chi connectivity index (χ4v) is 2.61. The van der Waals surface area contributed by atoms with Crippen LogP contribution < -0.4 is 15.4 Å². The summed E-state index contributed by atoms with van der Waals surface area (Å²) < 4.78 is 25.7. The van der Waals surface area contributed by atoms with Crippen molar-refractivity contribution < 1.29 is 18.0 Å². The van der Waals surface area contributed by atoms with Gasteiger partial charge < -0.3 is 10.6 Å². The van der Waals surface area contributed by atoms with Crippen molar-refractivity contribution in [3.05, 3.63) is 29.8 Å². The molecule has 0 heterocycles. The van der Waals surface area contributed by atoms with E-state index in [-0.39, 0.29) is 10.8 Å². The van der Waals surface area contributed by atoms with E-state index in [4.69, 9.17) is 0 Å². The van der Waals surface area contributed by atoms with Gasteiger partial charge in [-0.3, -0.25) is 4.79 Å². The van der Waals surface area contributed by atoms with Crippen molar-refractivity contribution in [3.63, 3.8) is 0 Å². The molecule has 0 aliphatic rings. The second-order valence-electron chi connectivity index (χ2n) is 6.08. The largest absolute Gasteiger partial charge is 0.355 e. The normalized spacial score (nSPS) is 11.7. The van der Waals surface area contributed by atoms with Crippen LogP contribution >= 0.6 is 0 Å². The predicted molar refractivity (Wildman–Crippen MR) is 87.4 cm³/mol. The third kappa shape index (κ3) is 5.90. The number of rotatable bonds is 5. The van der Waals surface area contributed by atoms with Gasteiger partial charge in [-0.25, -0.2) is 17.9 Å². The summed E-state index contributed by atoms with van der Waals surface area (Å²) in [6.45, 7) is 5.98. The molecule has 0 spiro atoms. The lowest BCUT2D eigenvalue weighted by Gasteiger charge is -2.17. The Morgan fingerprint density at radius 1 is 1.09 bits per heavy atom. The minimum absolute atomic E-state index is 0.00331. The first kappa shape index (κ1) is 19.0. The average molecular weight is 341 g/mol. The standard InChI is InChI=1S/C15H23N3O4S/c1-15(2,3)13(19)17-10-9-11-5-7-12(8-6-11)23(21,22)18-14(20)16-4/h5-8H,9-10H2,1-4H3,(H,17,19)(H2,16,18,20). The van der Waals surface area contributed by atoms with Gasteiger partial charge in [0, 0.05) is 19.0 Å². The summed E-state index contributed by atoms with van der Waals surface area (Å²) in [5, 5.41) is 5.01. The van der Waals surface area contributed by atoms with E-state index in [0.29, 0.717) is 13.0 Å². The molecule has 128 valence electrons. The van der Waals surface area contributed by atoms with Crippen molar-refractivity contribution >= 4 is 22.0 Å². The molecule has 0 aromatic heterocycles. The number of carbonyl (C=O) groups is 2. The van der Waals surface area contributed by atoms with Crippen molar-refractivity contribution in [2.45, 2.75) is 32.1 Å². The molecular weight excluding hydrogens is 318 g/mol. The molecule has 0 aliphatic heterocycles. The maximum absolute atomic E-state index is 11.9. The fourth-order valence-electron chi connectivity index (χ4n) is 1.65. The Morgan fingerprint density at radius 2 is 1.65 bits per heavy atom. The minimum atomic E-state index is -3.87. The van der Waals surface area contributed by atoms with Crippen LogP contribution in [0.1, 0.15) is 26.3 Å². The van der Waals surface area contributed by atoms with Crippen LogP contribution in [0.5, 0.6) is 0 Å². The number of amides is 3. The summed E-state index contributed by atoms with van der Waals surface area (Å²) in [6.07, 6.45) is 0.588. The molecule has 7 nitrogen and oxygen atoms in total. The van der Waals surface area contributed by atoms with Gasteiger partial charge >= 0.3 is 6.03 Å². The Balaban J connectivity index is 2.64. The van der Waals surface area contributed by atoms with E-state index in [2.05, 4.69) is 10.6 Å². The smallest absolute Gasteiger partial charge is 0.328 e. The number of hydrogen-bond donors (Lipinski definition) is 3. The van der Waals surface area contributed by atoms with Crippen LogP contribution in [0, 0.1) is 5.41 Å². The Kier molecular flexibility index (Phi) is 6.14. The zero-order valence-corrected chi connectivity index (χ0v) is 14.6. The Morgan fingerprint density at radius 3 is 2.13 bits per heavy atom. The molecule has 0 bridgehead atoms. The van der Waals surface area contributed by atoms with Crippen molar-refractivity contribution in [1.82, 2.24) is 15.4 Å². The Hall–Kier alpha value is -2.09. The van der Waals surface area contributed by atoms with E-state index < -0.39 is 21.5 Å². The number of sulfonamides is 1. The predicted octanol–water partition coefficient (Wildman–Crippen LogP) is 1.01. The molecule has 0 fully saturated rings. The topological polar surface area (TPSA) is 104 Å². The molecule has 3 amide bonds. The monoisotopic (exact) mass is 341 g/mol. The molecule has 0 saturated heterocycles. The molecule has 23 heavy (non-hydrogen) atoms. The highest BCUT2D eigenvalue weighted by molar-refractivity contribution is 7.90. The second kappa shape index (κ2) is 7.45. The molecule has 0 aliphatic carbocycles. The molecule has 8 heteroatoms. The molecular formula is C15H23N3O4S. The summed E-state index contributed by atoms with van der Waals surface area (Å²) in [7, 11) is -2.54. The van der Waals surface area contributed by atoms with Gasteiger partial charge in [-0.1, -0.05) is 32.9 Å². The van der Waals surface area contributed by atoms with Crippen LogP contribution in [-0.4, -0.2) is 33.9 Å². The summed E-state index contributed by atoms with van der Waals surface area (Å²) in [4.78, 5) is 22.9. The number of hydrogen-bond acceptors (Lipinski definition) is 4. The third-order valence-electron chi connectivity index (χ3n) is 3.07. The number of urea groups is 1. The zero-order valence-electron chi connectivity index (χ0n) is 13.8. The average Bonchev–Trinajstić information content (AvgIpc) is 2.46. The van der Waals surface area contributed by atoms with Crippen molar-refractivity contribution in [2.24, 2.45) is 5.41 Å². The lowest BCUT2D eigenvalue weighted by atomic mass is 9.95. The zero-order chi connectivity index (χ0) is 17.7. The fraction of sp³-hybridized carbons (Fsp3) is 0.467. The van der Waals surface area contributed by atoms with Gasteiger partial charge in [0.15, 0.2) is 0 Å². The molecule has 0 saturated carbocycles. The van der Waals surface area contributed by atoms with E-state index in [1.54, 1.807) is 12.1 Å². The molecule has 1 aromatic rings. The first-order valence-corrected chi connectivity index (χ1v) is 8.66. The summed E-state index contributed by atoms with van der Waals surface area (Å²) in [6, 6.07) is 5.36. The number of carbonyl (C=O) groups excluding carboxylic acids is 2. The molecule has 0 atom stereocenters. The summed E-state index contributed by atoms with van der Waals surface area (Å²) >= 11 is 0. The Labute approximate surface area is 136 Å². The van der Waals surface area contributed by atoms with Crippen LogP contribution in [0.25, 0.3) is 0 Å². The molecule has 0 unspecified atom stereocenters. The van der Waals surface area contributed by atoms with Crippen LogP contribution in [-0.2, 0) is 21.2 Å². The highest BCUT2D eigenvalue weighted by Crippen LogP contribution is 2.13. The molecule has 1 rings (SSSR count). The Bertz CT molecular complexity index is 661. The minimum Gasteiger partial charge on any atom is -0.355 e. The SMILES string of the molecule is CNC(=O)NS(=O)(=O)c1ccc(CCNC(=O)C(C)(C)C)cc1. The highest BCUT2D eigenvalue weighted by atomic mass is 32.2. The van der Waals surface area contributed by atoms with Gasteiger partial charge in [0.2, 0.25) is 5.91 Å². The first-order chi connectivity index (χ1) is 10.6. The van der Waals surface area contributed by atoms with Gasteiger partial charge in [-0.05, 0) is 24.1 Å². The maximum atomic E-state index is 11.9. The van der Waals surface area contributed by atoms with Crippen molar-refractivity contribution in [2.75, 3.05) is 13.6 Å².